The maximum atomic E-state index is 13.9. The number of carboxylic acids is 1. The number of aryl methyl sites for hydroxylation is 3. The zero-order valence-corrected chi connectivity index (χ0v) is 19.4. The van der Waals surface area contributed by atoms with Gasteiger partial charge in [0, 0.05) is 37.0 Å². The highest BCUT2D eigenvalue weighted by atomic mass is 19.1. The van der Waals surface area contributed by atoms with Crippen molar-refractivity contribution in [3.05, 3.63) is 88.3 Å². The number of hydrogen-bond acceptors (Lipinski definition) is 7. The summed E-state index contributed by atoms with van der Waals surface area (Å²) in [6, 6.07) is 8.55. The molecule has 0 saturated heterocycles. The quantitative estimate of drug-likeness (QED) is 0.445. The van der Waals surface area contributed by atoms with Crippen LogP contribution in [0.3, 0.4) is 0 Å². The lowest BCUT2D eigenvalue weighted by molar-refractivity contribution is -0.307. The zero-order chi connectivity index (χ0) is 25.7. The summed E-state index contributed by atoms with van der Waals surface area (Å²) in [4.78, 5) is 10.7. The van der Waals surface area contributed by atoms with Gasteiger partial charge in [-0.25, -0.2) is 13.5 Å². The minimum absolute atomic E-state index is 0.241. The Morgan fingerprint density at radius 2 is 1.66 bits per heavy atom. The predicted octanol–water partition coefficient (Wildman–Crippen LogP) is 1.87. The van der Waals surface area contributed by atoms with Crippen LogP contribution in [0.25, 0.3) is 11.1 Å². The van der Waals surface area contributed by atoms with E-state index in [0.29, 0.717) is 39.2 Å². The van der Waals surface area contributed by atoms with Crippen LogP contribution in [-0.2, 0) is 11.8 Å². The lowest BCUT2D eigenvalue weighted by atomic mass is 9.87. The molecule has 2 atom stereocenters. The number of aliphatic hydroxyl groups is 2. The highest BCUT2D eigenvalue weighted by molar-refractivity contribution is 6.02. The molecule has 0 saturated carbocycles. The third-order valence-corrected chi connectivity index (χ3v) is 5.45. The van der Waals surface area contributed by atoms with Crippen LogP contribution in [0.1, 0.15) is 40.9 Å². The van der Waals surface area contributed by atoms with E-state index in [1.165, 1.54) is 35.0 Å². The summed E-state index contributed by atoms with van der Waals surface area (Å²) < 4.78 is 29.3. The minimum atomic E-state index is -1.43. The Morgan fingerprint density at radius 3 is 2.11 bits per heavy atom. The van der Waals surface area contributed by atoms with Crippen molar-refractivity contribution in [3.8, 4) is 0 Å². The first kappa shape index (κ1) is 25.9. The van der Waals surface area contributed by atoms with Gasteiger partial charge in [0.1, 0.15) is 11.6 Å². The molecule has 3 aromatic rings. The van der Waals surface area contributed by atoms with Crippen molar-refractivity contribution in [1.29, 1.82) is 0 Å². The van der Waals surface area contributed by atoms with E-state index >= 15 is 0 Å². The van der Waals surface area contributed by atoms with Crippen LogP contribution in [0, 0.1) is 25.5 Å². The Hall–Kier alpha value is -3.76. The fourth-order valence-corrected chi connectivity index (χ4v) is 3.82. The largest absolute Gasteiger partial charge is 0.550 e. The Kier molecular flexibility index (Phi) is 8.21. The zero-order valence-electron chi connectivity index (χ0n) is 19.4. The molecular formula is C25H25F2N4O4-. The van der Waals surface area contributed by atoms with Crippen molar-refractivity contribution < 1.29 is 28.9 Å². The molecule has 0 fully saturated rings. The summed E-state index contributed by atoms with van der Waals surface area (Å²) >= 11 is 0. The number of aliphatic carboxylic acids is 1. The number of carbonyl (C=O) groups is 1. The van der Waals surface area contributed by atoms with Crippen LogP contribution in [-0.4, -0.2) is 48.6 Å². The van der Waals surface area contributed by atoms with Gasteiger partial charge >= 0.3 is 0 Å². The Bertz CT molecular complexity index is 1230. The number of benzene rings is 2. The van der Waals surface area contributed by atoms with E-state index in [1.54, 1.807) is 39.1 Å². The summed E-state index contributed by atoms with van der Waals surface area (Å²) in [5, 5.41) is 42.6. The smallest absolute Gasteiger partial charge is 0.182 e. The van der Waals surface area contributed by atoms with Gasteiger partial charge in [-0.05, 0) is 70.8 Å². The summed E-state index contributed by atoms with van der Waals surface area (Å²) in [5.41, 5.74) is 3.49. The molecule has 0 spiro atoms. The molecule has 2 N–H and O–H groups in total. The van der Waals surface area contributed by atoms with E-state index in [0.717, 1.165) is 0 Å². The standard InChI is InChI=1S/C25H26F2N4O4/c1-14-10-16(26)4-7-20(14)24(21-8-5-17(27)11-15(21)2)22(25-28-29-30-31(25)3)9-6-18(32)12-19(33)13-23(34)35/h4-11,18-19,32-33H,12-13H2,1-3H3,(H,34,35)/p-1/b9-6+/t18-,19-/m1/s1. The van der Waals surface area contributed by atoms with Gasteiger partial charge < -0.3 is 20.1 Å². The Morgan fingerprint density at radius 1 is 1.09 bits per heavy atom. The van der Waals surface area contributed by atoms with Crippen LogP contribution in [0.15, 0.2) is 48.6 Å². The van der Waals surface area contributed by atoms with Gasteiger partial charge in [0.05, 0.1) is 12.2 Å². The average molecular weight is 483 g/mol. The Balaban J connectivity index is 2.24. The summed E-state index contributed by atoms with van der Waals surface area (Å²) in [5.74, 6) is -1.96. The molecule has 0 bridgehead atoms. The molecule has 0 radical (unpaired) electrons. The first-order valence-electron chi connectivity index (χ1n) is 10.8. The summed E-state index contributed by atoms with van der Waals surface area (Å²) in [6.45, 7) is 3.47. The molecule has 8 nitrogen and oxygen atoms in total. The fourth-order valence-electron chi connectivity index (χ4n) is 3.82. The molecule has 0 aliphatic heterocycles. The van der Waals surface area contributed by atoms with E-state index in [1.807, 2.05) is 0 Å². The van der Waals surface area contributed by atoms with Gasteiger partial charge in [-0.15, -0.1) is 5.10 Å². The molecule has 2 aromatic carbocycles. The first-order chi connectivity index (χ1) is 16.6. The van der Waals surface area contributed by atoms with E-state index < -0.39 is 36.2 Å². The minimum Gasteiger partial charge on any atom is -0.550 e. The normalized spacial score (nSPS) is 13.1. The fraction of sp³-hybridized carbons (Fsp3) is 0.280. The van der Waals surface area contributed by atoms with E-state index in [2.05, 4.69) is 15.5 Å². The van der Waals surface area contributed by atoms with Crippen molar-refractivity contribution in [1.82, 2.24) is 20.2 Å². The third-order valence-electron chi connectivity index (χ3n) is 5.45. The van der Waals surface area contributed by atoms with Crippen LogP contribution in [0.4, 0.5) is 8.78 Å². The number of carboxylic acid groups (broad SMARTS) is 1. The van der Waals surface area contributed by atoms with Gasteiger partial charge in [0.2, 0.25) is 0 Å². The molecule has 1 aromatic heterocycles. The van der Waals surface area contributed by atoms with Crippen LogP contribution in [0.5, 0.6) is 0 Å². The number of hydrogen-bond donors (Lipinski definition) is 2. The Labute approximate surface area is 200 Å². The van der Waals surface area contributed by atoms with Crippen molar-refractivity contribution in [2.24, 2.45) is 7.05 Å². The second-order valence-electron chi connectivity index (χ2n) is 8.23. The molecule has 0 amide bonds. The summed E-state index contributed by atoms with van der Waals surface area (Å²) in [7, 11) is 1.62. The SMILES string of the molecule is Cc1cc(F)ccc1C(=C(/C=C/[C@@H](O)C[C@@H](O)CC(=O)[O-])c1nnnn1C)c1ccc(F)cc1C. The molecule has 0 aliphatic carbocycles. The van der Waals surface area contributed by atoms with Crippen LogP contribution < -0.4 is 5.11 Å². The van der Waals surface area contributed by atoms with Crippen LogP contribution in [0.2, 0.25) is 0 Å². The van der Waals surface area contributed by atoms with E-state index in [-0.39, 0.29) is 6.42 Å². The number of halogens is 2. The lowest BCUT2D eigenvalue weighted by Crippen LogP contribution is -2.29. The lowest BCUT2D eigenvalue weighted by Gasteiger charge is -2.18. The number of aromatic nitrogens is 4. The molecule has 0 unspecified atom stereocenters. The topological polar surface area (TPSA) is 124 Å². The molecule has 35 heavy (non-hydrogen) atoms. The number of allylic oxidation sites excluding steroid dienone is 2. The van der Waals surface area contributed by atoms with Crippen LogP contribution >= 0.6 is 0 Å². The highest BCUT2D eigenvalue weighted by Gasteiger charge is 2.21. The van der Waals surface area contributed by atoms with Gasteiger partial charge in [0.15, 0.2) is 5.82 Å². The molecule has 1 heterocycles. The first-order valence-corrected chi connectivity index (χ1v) is 10.8. The van der Waals surface area contributed by atoms with Gasteiger partial charge in [-0.3, -0.25) is 0 Å². The van der Waals surface area contributed by atoms with Gasteiger partial charge in [0.25, 0.3) is 0 Å². The number of rotatable bonds is 9. The molecule has 10 heteroatoms. The van der Waals surface area contributed by atoms with Gasteiger partial charge in [-0.2, -0.15) is 0 Å². The molecular weight excluding hydrogens is 458 g/mol. The second-order valence-corrected chi connectivity index (χ2v) is 8.23. The van der Waals surface area contributed by atoms with Crippen molar-refractivity contribution in [3.63, 3.8) is 0 Å². The monoisotopic (exact) mass is 483 g/mol. The molecule has 184 valence electrons. The number of carbonyl (C=O) groups excluding carboxylic acids is 1. The molecule has 0 aliphatic rings. The predicted molar refractivity (Wildman–Crippen MR) is 122 cm³/mol. The van der Waals surface area contributed by atoms with Crippen molar-refractivity contribution in [2.45, 2.75) is 38.9 Å². The third kappa shape index (κ3) is 6.43. The number of nitrogens with zero attached hydrogens (tertiary/aromatic N) is 4. The van der Waals surface area contributed by atoms with Crippen molar-refractivity contribution >= 4 is 17.1 Å². The maximum absolute atomic E-state index is 13.9. The van der Waals surface area contributed by atoms with Crippen molar-refractivity contribution in [2.75, 3.05) is 0 Å². The van der Waals surface area contributed by atoms with E-state index in [9.17, 15) is 28.9 Å². The average Bonchev–Trinajstić information content (AvgIpc) is 3.17. The number of tetrazole rings is 1. The second kappa shape index (κ2) is 11.1. The van der Waals surface area contributed by atoms with E-state index in [4.69, 9.17) is 0 Å². The van der Waals surface area contributed by atoms with Gasteiger partial charge in [-0.1, -0.05) is 24.3 Å². The number of aliphatic hydroxyl groups excluding tert-OH is 2. The maximum Gasteiger partial charge on any atom is 0.182 e. The molecule has 3 rings (SSSR count). The summed E-state index contributed by atoms with van der Waals surface area (Å²) in [6.07, 6.45) is -0.444. The highest BCUT2D eigenvalue weighted by Crippen LogP contribution is 2.36.